The van der Waals surface area contributed by atoms with E-state index in [1.54, 1.807) is 17.0 Å². The molecular weight excluding hydrogens is 348 g/mol. The van der Waals surface area contributed by atoms with Crippen molar-refractivity contribution in [2.24, 2.45) is 0 Å². The van der Waals surface area contributed by atoms with E-state index in [1.165, 1.54) is 0 Å². The Balaban J connectivity index is 1.62. The van der Waals surface area contributed by atoms with Gasteiger partial charge in [0.15, 0.2) is 9.84 Å². The highest BCUT2D eigenvalue weighted by atomic mass is 32.2. The molecule has 1 amide bonds. The molecule has 1 heterocycles. The van der Waals surface area contributed by atoms with Gasteiger partial charge in [-0.05, 0) is 30.3 Å². The molecule has 0 atom stereocenters. The molecule has 26 heavy (non-hydrogen) atoms. The van der Waals surface area contributed by atoms with Crippen LogP contribution in [0.2, 0.25) is 0 Å². The van der Waals surface area contributed by atoms with E-state index in [-0.39, 0.29) is 23.0 Å². The third-order valence-corrected chi connectivity index (χ3v) is 6.49. The van der Waals surface area contributed by atoms with Gasteiger partial charge in [0.1, 0.15) is 0 Å². The van der Waals surface area contributed by atoms with Crippen molar-refractivity contribution < 1.29 is 13.2 Å². The van der Waals surface area contributed by atoms with Crippen LogP contribution in [0.1, 0.15) is 6.42 Å². The first kappa shape index (κ1) is 18.6. The van der Waals surface area contributed by atoms with Crippen molar-refractivity contribution in [1.29, 1.82) is 0 Å². The summed E-state index contributed by atoms with van der Waals surface area (Å²) in [5.41, 5.74) is 2.01. The number of carbonyl (C=O) groups is 1. The zero-order valence-corrected chi connectivity index (χ0v) is 15.8. The maximum atomic E-state index is 12.5. The Kier molecular flexibility index (Phi) is 5.74. The highest BCUT2D eigenvalue weighted by Gasteiger charge is 2.22. The first-order valence-electron chi connectivity index (χ1n) is 8.80. The van der Waals surface area contributed by atoms with Gasteiger partial charge in [-0.2, -0.15) is 0 Å². The van der Waals surface area contributed by atoms with Crippen LogP contribution in [-0.4, -0.2) is 63.1 Å². The van der Waals surface area contributed by atoms with Crippen LogP contribution in [0.25, 0.3) is 11.1 Å². The summed E-state index contributed by atoms with van der Waals surface area (Å²) >= 11 is 0. The van der Waals surface area contributed by atoms with Crippen molar-refractivity contribution in [1.82, 2.24) is 9.80 Å². The molecule has 1 saturated heterocycles. The van der Waals surface area contributed by atoms with Gasteiger partial charge in [-0.25, -0.2) is 8.42 Å². The van der Waals surface area contributed by atoms with E-state index in [9.17, 15) is 13.2 Å². The first-order valence-corrected chi connectivity index (χ1v) is 10.5. The molecule has 1 aliphatic heterocycles. The van der Waals surface area contributed by atoms with Gasteiger partial charge in [0.05, 0.1) is 10.6 Å². The van der Waals surface area contributed by atoms with Gasteiger partial charge < -0.3 is 9.80 Å². The SMILES string of the molecule is CN1CCN(C(=O)CCS(=O)(=O)c2ccc(-c3ccccc3)cc2)CC1. The van der Waals surface area contributed by atoms with Crippen LogP contribution in [0.5, 0.6) is 0 Å². The number of amides is 1. The lowest BCUT2D eigenvalue weighted by Crippen LogP contribution is -2.47. The predicted octanol–water partition coefficient (Wildman–Crippen LogP) is 2.29. The Morgan fingerprint density at radius 3 is 2.08 bits per heavy atom. The van der Waals surface area contributed by atoms with Gasteiger partial charge in [0.2, 0.25) is 5.91 Å². The monoisotopic (exact) mass is 372 g/mol. The molecule has 1 fully saturated rings. The molecule has 0 aliphatic carbocycles. The Hall–Kier alpha value is -2.18. The summed E-state index contributed by atoms with van der Waals surface area (Å²) in [4.78, 5) is 16.5. The van der Waals surface area contributed by atoms with Crippen LogP contribution in [-0.2, 0) is 14.6 Å². The lowest BCUT2D eigenvalue weighted by Gasteiger charge is -2.32. The molecule has 0 radical (unpaired) electrons. The fourth-order valence-corrected chi connectivity index (χ4v) is 4.27. The van der Waals surface area contributed by atoms with Crippen molar-refractivity contribution in [3.8, 4) is 11.1 Å². The van der Waals surface area contributed by atoms with Crippen molar-refractivity contribution in [3.05, 3.63) is 54.6 Å². The van der Waals surface area contributed by atoms with Gasteiger partial charge in [-0.3, -0.25) is 4.79 Å². The van der Waals surface area contributed by atoms with Crippen molar-refractivity contribution >= 4 is 15.7 Å². The number of rotatable bonds is 5. The molecular formula is C20H24N2O3S. The summed E-state index contributed by atoms with van der Waals surface area (Å²) in [5, 5.41) is 0. The standard InChI is InChI=1S/C20H24N2O3S/c1-21-12-14-22(15-13-21)20(23)11-16-26(24,25)19-9-7-18(8-10-19)17-5-3-2-4-6-17/h2-10H,11-16H2,1H3. The van der Waals surface area contributed by atoms with E-state index in [4.69, 9.17) is 0 Å². The summed E-state index contributed by atoms with van der Waals surface area (Å²) in [6.45, 7) is 3.00. The smallest absolute Gasteiger partial charge is 0.223 e. The third-order valence-electron chi connectivity index (χ3n) is 4.76. The Morgan fingerprint density at radius 1 is 0.885 bits per heavy atom. The molecule has 0 bridgehead atoms. The number of likely N-dealkylation sites (N-methyl/N-ethyl adjacent to an activating group) is 1. The maximum Gasteiger partial charge on any atom is 0.223 e. The van der Waals surface area contributed by atoms with Gasteiger partial charge in [0, 0.05) is 32.6 Å². The van der Waals surface area contributed by atoms with Crippen molar-refractivity contribution in [3.63, 3.8) is 0 Å². The number of benzene rings is 2. The fourth-order valence-electron chi connectivity index (χ4n) is 3.04. The molecule has 6 heteroatoms. The quantitative estimate of drug-likeness (QED) is 0.808. The Morgan fingerprint density at radius 2 is 1.46 bits per heavy atom. The lowest BCUT2D eigenvalue weighted by molar-refractivity contribution is -0.132. The third kappa shape index (κ3) is 4.51. The Bertz CT molecular complexity index is 840. The molecule has 1 aliphatic rings. The van der Waals surface area contributed by atoms with Crippen molar-refractivity contribution in [2.45, 2.75) is 11.3 Å². The molecule has 2 aromatic carbocycles. The minimum absolute atomic E-state index is 0.0342. The van der Waals surface area contributed by atoms with Gasteiger partial charge in [0.25, 0.3) is 0 Å². The first-order chi connectivity index (χ1) is 12.5. The second-order valence-electron chi connectivity index (χ2n) is 6.64. The maximum absolute atomic E-state index is 12.5. The molecule has 0 aromatic heterocycles. The lowest BCUT2D eigenvalue weighted by atomic mass is 10.1. The molecule has 0 spiro atoms. The summed E-state index contributed by atoms with van der Waals surface area (Å²) in [6, 6.07) is 16.7. The molecule has 2 aromatic rings. The van der Waals surface area contributed by atoms with Crippen LogP contribution >= 0.6 is 0 Å². The van der Waals surface area contributed by atoms with Crippen LogP contribution in [0.15, 0.2) is 59.5 Å². The van der Waals surface area contributed by atoms with E-state index < -0.39 is 9.84 Å². The highest BCUT2D eigenvalue weighted by Crippen LogP contribution is 2.22. The summed E-state index contributed by atoms with van der Waals surface area (Å²) in [6.07, 6.45) is 0.0342. The number of sulfone groups is 1. The minimum atomic E-state index is -3.46. The van der Waals surface area contributed by atoms with Crippen LogP contribution in [0.4, 0.5) is 0 Å². The Labute approximate surface area is 155 Å². The van der Waals surface area contributed by atoms with Gasteiger partial charge in [-0.1, -0.05) is 42.5 Å². The second-order valence-corrected chi connectivity index (χ2v) is 8.75. The molecule has 0 saturated carbocycles. The zero-order chi connectivity index (χ0) is 18.6. The van der Waals surface area contributed by atoms with Gasteiger partial charge >= 0.3 is 0 Å². The number of nitrogens with zero attached hydrogens (tertiary/aromatic N) is 2. The largest absolute Gasteiger partial charge is 0.340 e. The van der Waals surface area contributed by atoms with E-state index in [0.29, 0.717) is 13.1 Å². The summed E-state index contributed by atoms with van der Waals surface area (Å²) in [5.74, 6) is -0.231. The van der Waals surface area contributed by atoms with E-state index in [0.717, 1.165) is 24.2 Å². The van der Waals surface area contributed by atoms with Crippen molar-refractivity contribution in [2.75, 3.05) is 39.0 Å². The summed E-state index contributed by atoms with van der Waals surface area (Å²) < 4.78 is 25.1. The zero-order valence-electron chi connectivity index (χ0n) is 15.0. The molecule has 5 nitrogen and oxygen atoms in total. The molecule has 0 unspecified atom stereocenters. The predicted molar refractivity (Wildman–Crippen MR) is 103 cm³/mol. The number of hydrogen-bond acceptors (Lipinski definition) is 4. The second kappa shape index (κ2) is 8.01. The molecule has 138 valence electrons. The molecule has 3 rings (SSSR count). The number of piperazine rings is 1. The summed E-state index contributed by atoms with van der Waals surface area (Å²) in [7, 11) is -1.44. The number of hydrogen-bond donors (Lipinski definition) is 0. The van der Waals surface area contributed by atoms with E-state index in [1.807, 2.05) is 49.5 Å². The molecule has 0 N–H and O–H groups in total. The average Bonchev–Trinajstić information content (AvgIpc) is 2.67. The topological polar surface area (TPSA) is 57.7 Å². The van der Waals surface area contributed by atoms with Gasteiger partial charge in [-0.15, -0.1) is 0 Å². The van der Waals surface area contributed by atoms with Crippen LogP contribution < -0.4 is 0 Å². The minimum Gasteiger partial charge on any atom is -0.340 e. The normalized spacial score (nSPS) is 15.8. The van der Waals surface area contributed by atoms with Crippen LogP contribution in [0.3, 0.4) is 0 Å². The average molecular weight is 372 g/mol. The number of carbonyl (C=O) groups excluding carboxylic acids is 1. The van der Waals surface area contributed by atoms with Crippen LogP contribution in [0, 0.1) is 0 Å². The van der Waals surface area contributed by atoms with E-state index in [2.05, 4.69) is 4.90 Å². The van der Waals surface area contributed by atoms with E-state index >= 15 is 0 Å². The fraction of sp³-hybridized carbons (Fsp3) is 0.350. The highest BCUT2D eigenvalue weighted by molar-refractivity contribution is 7.91.